The Bertz CT molecular complexity index is 664. The molecule has 0 aliphatic carbocycles. The summed E-state index contributed by atoms with van der Waals surface area (Å²) in [6.45, 7) is 0. The molecule has 6 heteroatoms. The average Bonchev–Trinajstić information content (AvgIpc) is 2.42. The zero-order valence-corrected chi connectivity index (χ0v) is 12.9. The molecule has 0 aliphatic heterocycles. The average molecular weight is 328 g/mol. The first-order valence-electron chi connectivity index (χ1n) is 5.62. The van der Waals surface area contributed by atoms with Gasteiger partial charge in [0.05, 0.1) is 10.6 Å². The Balaban J connectivity index is 2.42. The number of benzene rings is 2. The van der Waals surface area contributed by atoms with Crippen molar-refractivity contribution in [2.24, 2.45) is 5.73 Å². The highest BCUT2D eigenvalue weighted by atomic mass is 35.5. The van der Waals surface area contributed by atoms with Gasteiger partial charge in [-0.05, 0) is 30.5 Å². The zero-order chi connectivity index (χ0) is 14.7. The van der Waals surface area contributed by atoms with Crippen LogP contribution in [0.3, 0.4) is 0 Å². The van der Waals surface area contributed by atoms with Gasteiger partial charge in [0.25, 0.3) is 0 Å². The van der Waals surface area contributed by atoms with Crippen LogP contribution < -0.4 is 10.5 Å². The Morgan fingerprint density at radius 3 is 2.70 bits per heavy atom. The minimum atomic E-state index is -0.494. The van der Waals surface area contributed by atoms with Crippen LogP contribution >= 0.6 is 35.6 Å². The largest absolute Gasteiger partial charge is 0.457 e. The van der Waals surface area contributed by atoms with Crippen LogP contribution in [0.25, 0.3) is 0 Å². The molecule has 0 atom stereocenters. The predicted molar refractivity (Wildman–Crippen MR) is 85.6 cm³/mol. The summed E-state index contributed by atoms with van der Waals surface area (Å²) in [6, 6.07) is 9.65. The summed E-state index contributed by atoms with van der Waals surface area (Å²) in [5.41, 5.74) is 6.41. The molecule has 0 bridgehead atoms. The molecular weight excluding hydrogens is 317 g/mol. The van der Waals surface area contributed by atoms with E-state index in [0.29, 0.717) is 17.1 Å². The first kappa shape index (κ1) is 15.1. The molecule has 0 saturated carbocycles. The third kappa shape index (κ3) is 3.23. The number of hydrogen-bond donors (Lipinski definition) is 1. The van der Waals surface area contributed by atoms with Gasteiger partial charge in [-0.3, -0.25) is 0 Å². The molecule has 0 saturated heterocycles. The summed E-state index contributed by atoms with van der Waals surface area (Å²) in [5, 5.41) is 0.000367. The molecule has 104 valence electrons. The third-order valence-corrected chi connectivity index (χ3v) is 3.85. The van der Waals surface area contributed by atoms with Crippen molar-refractivity contribution < 1.29 is 9.13 Å². The molecule has 2 rings (SSSR count). The number of thioether (sulfide) groups is 1. The summed E-state index contributed by atoms with van der Waals surface area (Å²) in [7, 11) is 0. The summed E-state index contributed by atoms with van der Waals surface area (Å²) >= 11 is 12.3. The number of ether oxygens (including phenoxy) is 1. The molecule has 20 heavy (non-hydrogen) atoms. The molecule has 2 aromatic rings. The molecule has 0 aromatic heterocycles. The van der Waals surface area contributed by atoms with Gasteiger partial charge in [0.1, 0.15) is 22.3 Å². The van der Waals surface area contributed by atoms with Crippen LogP contribution in [0, 0.1) is 5.82 Å². The van der Waals surface area contributed by atoms with Crippen molar-refractivity contribution in [2.75, 3.05) is 6.26 Å². The van der Waals surface area contributed by atoms with Crippen molar-refractivity contribution in [3.8, 4) is 11.5 Å². The van der Waals surface area contributed by atoms with Crippen LogP contribution in [-0.4, -0.2) is 11.2 Å². The Hall–Kier alpha value is -1.30. The van der Waals surface area contributed by atoms with E-state index in [1.54, 1.807) is 6.07 Å². The lowest BCUT2D eigenvalue weighted by Gasteiger charge is -2.13. The first-order chi connectivity index (χ1) is 9.52. The minimum Gasteiger partial charge on any atom is -0.457 e. The Kier molecular flexibility index (Phi) is 4.86. The minimum absolute atomic E-state index is 0.000367. The highest BCUT2D eigenvalue weighted by Gasteiger charge is 2.13. The van der Waals surface area contributed by atoms with Crippen LogP contribution in [-0.2, 0) is 0 Å². The standard InChI is InChI=1S/C14H11ClFNOS2/c1-20-12-4-2-3-11(13(12)14(17)19)18-8-5-6-10(16)9(15)7-8/h2-7H,1H3,(H2,17,19). The number of hydrogen-bond acceptors (Lipinski definition) is 3. The van der Waals surface area contributed by atoms with Crippen molar-refractivity contribution in [1.29, 1.82) is 0 Å². The lowest BCUT2D eigenvalue weighted by molar-refractivity contribution is 0.478. The van der Waals surface area contributed by atoms with E-state index < -0.39 is 5.82 Å². The van der Waals surface area contributed by atoms with Crippen molar-refractivity contribution >= 4 is 40.6 Å². The van der Waals surface area contributed by atoms with E-state index in [9.17, 15) is 4.39 Å². The van der Waals surface area contributed by atoms with Crippen LogP contribution in [0.1, 0.15) is 5.56 Å². The van der Waals surface area contributed by atoms with Gasteiger partial charge in [0, 0.05) is 11.0 Å². The molecule has 2 aromatic carbocycles. The summed E-state index contributed by atoms with van der Waals surface area (Å²) in [4.78, 5) is 1.17. The van der Waals surface area contributed by atoms with Gasteiger partial charge < -0.3 is 10.5 Å². The monoisotopic (exact) mass is 327 g/mol. The van der Waals surface area contributed by atoms with Gasteiger partial charge in [0.2, 0.25) is 0 Å². The van der Waals surface area contributed by atoms with Gasteiger partial charge in [-0.15, -0.1) is 11.8 Å². The lowest BCUT2D eigenvalue weighted by atomic mass is 10.2. The smallest absolute Gasteiger partial charge is 0.142 e. The van der Waals surface area contributed by atoms with Crippen molar-refractivity contribution in [3.63, 3.8) is 0 Å². The summed E-state index contributed by atoms with van der Waals surface area (Å²) in [5.74, 6) is 0.450. The molecule has 0 unspecified atom stereocenters. The van der Waals surface area contributed by atoms with Crippen LogP contribution in [0.4, 0.5) is 4.39 Å². The van der Waals surface area contributed by atoms with Crippen molar-refractivity contribution in [1.82, 2.24) is 0 Å². The summed E-state index contributed by atoms with van der Waals surface area (Å²) in [6.07, 6.45) is 1.93. The Morgan fingerprint density at radius 1 is 1.35 bits per heavy atom. The second-order valence-corrected chi connectivity index (χ2v) is 5.57. The predicted octanol–water partition coefficient (Wildman–Crippen LogP) is 4.63. The number of halogens is 2. The molecule has 0 aliphatic rings. The molecule has 0 amide bonds. The van der Waals surface area contributed by atoms with E-state index in [0.717, 1.165) is 4.90 Å². The molecule has 2 nitrogen and oxygen atoms in total. The fourth-order valence-corrected chi connectivity index (χ4v) is 2.75. The summed E-state index contributed by atoms with van der Waals surface area (Å²) < 4.78 is 18.8. The van der Waals surface area contributed by atoms with Crippen LogP contribution in [0.2, 0.25) is 5.02 Å². The van der Waals surface area contributed by atoms with Gasteiger partial charge in [-0.1, -0.05) is 29.9 Å². The third-order valence-electron chi connectivity index (χ3n) is 2.57. The van der Waals surface area contributed by atoms with E-state index in [1.165, 1.54) is 30.0 Å². The van der Waals surface area contributed by atoms with Gasteiger partial charge in [-0.25, -0.2) is 4.39 Å². The maximum absolute atomic E-state index is 13.1. The van der Waals surface area contributed by atoms with E-state index in [2.05, 4.69) is 0 Å². The second kappa shape index (κ2) is 6.43. The molecule has 0 fully saturated rings. The highest BCUT2D eigenvalue weighted by Crippen LogP contribution is 2.33. The second-order valence-electron chi connectivity index (χ2n) is 3.88. The maximum Gasteiger partial charge on any atom is 0.142 e. The lowest BCUT2D eigenvalue weighted by Crippen LogP contribution is -2.12. The first-order valence-corrected chi connectivity index (χ1v) is 7.63. The molecule has 0 spiro atoms. The quantitative estimate of drug-likeness (QED) is 0.656. The Labute approximate surface area is 131 Å². The Morgan fingerprint density at radius 2 is 2.10 bits per heavy atom. The fourth-order valence-electron chi connectivity index (χ4n) is 1.68. The maximum atomic E-state index is 13.1. The molecular formula is C14H11ClFNOS2. The molecule has 2 N–H and O–H groups in total. The van der Waals surface area contributed by atoms with Gasteiger partial charge >= 0.3 is 0 Å². The van der Waals surface area contributed by atoms with Crippen LogP contribution in [0.5, 0.6) is 11.5 Å². The van der Waals surface area contributed by atoms with Gasteiger partial charge in [0.15, 0.2) is 0 Å². The topological polar surface area (TPSA) is 35.2 Å². The van der Waals surface area contributed by atoms with Gasteiger partial charge in [-0.2, -0.15) is 0 Å². The van der Waals surface area contributed by atoms with E-state index in [1.807, 2.05) is 18.4 Å². The van der Waals surface area contributed by atoms with Crippen LogP contribution in [0.15, 0.2) is 41.3 Å². The van der Waals surface area contributed by atoms with Crippen molar-refractivity contribution in [3.05, 3.63) is 52.8 Å². The van der Waals surface area contributed by atoms with E-state index in [-0.39, 0.29) is 10.0 Å². The van der Waals surface area contributed by atoms with E-state index in [4.69, 9.17) is 34.3 Å². The molecule has 0 heterocycles. The zero-order valence-electron chi connectivity index (χ0n) is 10.5. The van der Waals surface area contributed by atoms with E-state index >= 15 is 0 Å². The fraction of sp³-hybridized carbons (Fsp3) is 0.0714. The van der Waals surface area contributed by atoms with Crippen molar-refractivity contribution in [2.45, 2.75) is 4.90 Å². The SMILES string of the molecule is CSc1cccc(Oc2ccc(F)c(Cl)c2)c1C(N)=S. The highest BCUT2D eigenvalue weighted by molar-refractivity contribution is 7.98. The molecule has 0 radical (unpaired) electrons. The number of thiocarbonyl (C=S) groups is 1. The normalized spacial score (nSPS) is 10.3. The number of rotatable bonds is 4. The number of nitrogens with two attached hydrogens (primary N) is 1.